The van der Waals surface area contributed by atoms with Gasteiger partial charge in [0.05, 0.1) is 41.7 Å². The van der Waals surface area contributed by atoms with E-state index in [4.69, 9.17) is 26.4 Å². The van der Waals surface area contributed by atoms with Crippen molar-refractivity contribution in [3.63, 3.8) is 0 Å². The van der Waals surface area contributed by atoms with Crippen molar-refractivity contribution in [1.82, 2.24) is 0 Å². The minimum atomic E-state index is -0.932. The van der Waals surface area contributed by atoms with Crippen molar-refractivity contribution in [1.29, 1.82) is 0 Å². The first-order chi connectivity index (χ1) is 17.5. The Kier molecular flexibility index (Phi) is 7.55. The molecule has 0 spiro atoms. The minimum absolute atomic E-state index is 0.135. The van der Waals surface area contributed by atoms with E-state index in [1.54, 1.807) is 30.2 Å². The van der Waals surface area contributed by atoms with Crippen LogP contribution in [0, 0.1) is 6.92 Å². The van der Waals surface area contributed by atoms with E-state index in [1.165, 1.54) is 14.2 Å². The Morgan fingerprint density at radius 1 is 0.919 bits per heavy atom. The number of hydrogen-bond donors (Lipinski definition) is 0. The highest BCUT2D eigenvalue weighted by molar-refractivity contribution is 8.29. The number of rotatable bonds is 4. The Labute approximate surface area is 229 Å². The van der Waals surface area contributed by atoms with Crippen LogP contribution in [0.3, 0.4) is 0 Å². The van der Waals surface area contributed by atoms with Gasteiger partial charge in [0.2, 0.25) is 0 Å². The summed E-state index contributed by atoms with van der Waals surface area (Å²) in [7, 11) is 4.07. The number of hydrogen-bond acceptors (Lipinski definition) is 9. The standard InChI is InChI=1S/C27H25NO6S3/c1-14-8-7-9-15(12-14)23(29)28-18-13-16(32-4)10-11-17(18)19(22(35)27(28,2)3)26-36-20(24(30)33-5)21(37-26)25(31)34-6/h7-13H,1-6H3. The molecule has 0 atom stereocenters. The number of ether oxygens (including phenoxy) is 3. The number of carbonyl (C=O) groups is 3. The van der Waals surface area contributed by atoms with Gasteiger partial charge in [-0.25, -0.2) is 9.59 Å². The van der Waals surface area contributed by atoms with E-state index in [2.05, 4.69) is 0 Å². The SMILES string of the molecule is COC(=O)C1=C(C(=O)OC)SC(=C2C(=S)C(C)(C)N(C(=O)c3cccc(C)c3)c3cc(OC)ccc32)S1. The molecule has 0 unspecified atom stereocenters. The molecule has 0 saturated carbocycles. The zero-order chi connectivity index (χ0) is 27.1. The quantitative estimate of drug-likeness (QED) is 0.275. The molecule has 0 bridgehead atoms. The average molecular weight is 556 g/mol. The maximum Gasteiger partial charge on any atom is 0.346 e. The molecule has 2 heterocycles. The van der Waals surface area contributed by atoms with Crippen molar-refractivity contribution >= 4 is 69.7 Å². The molecule has 7 nitrogen and oxygen atoms in total. The summed E-state index contributed by atoms with van der Waals surface area (Å²) in [5, 5.41) is 0. The third-order valence-electron chi connectivity index (χ3n) is 6.07. The zero-order valence-electron chi connectivity index (χ0n) is 21.2. The second-order valence-electron chi connectivity index (χ2n) is 8.79. The van der Waals surface area contributed by atoms with Crippen molar-refractivity contribution in [2.45, 2.75) is 26.3 Å². The Balaban J connectivity index is 1.94. The van der Waals surface area contributed by atoms with E-state index in [0.29, 0.717) is 37.2 Å². The van der Waals surface area contributed by atoms with Gasteiger partial charge < -0.3 is 14.2 Å². The van der Waals surface area contributed by atoms with Crippen molar-refractivity contribution < 1.29 is 28.6 Å². The van der Waals surface area contributed by atoms with E-state index < -0.39 is 17.5 Å². The van der Waals surface area contributed by atoms with Crippen LogP contribution in [0.5, 0.6) is 5.75 Å². The normalized spacial score (nSPS) is 16.5. The average Bonchev–Trinajstić information content (AvgIpc) is 3.33. The van der Waals surface area contributed by atoms with Crippen LogP contribution in [0.2, 0.25) is 0 Å². The molecule has 2 aromatic carbocycles. The van der Waals surface area contributed by atoms with Gasteiger partial charge in [-0.05, 0) is 45.0 Å². The number of carbonyl (C=O) groups excluding carboxylic acids is 3. The van der Waals surface area contributed by atoms with Crippen molar-refractivity contribution in [2.24, 2.45) is 0 Å². The third kappa shape index (κ3) is 4.69. The number of aryl methyl sites for hydroxylation is 1. The molecule has 2 aliphatic rings. The highest BCUT2D eigenvalue weighted by atomic mass is 32.2. The first kappa shape index (κ1) is 27.0. The summed E-state index contributed by atoms with van der Waals surface area (Å²) in [5.41, 5.74) is 2.54. The topological polar surface area (TPSA) is 82.1 Å². The number of esters is 2. The molecule has 192 valence electrons. The van der Waals surface area contributed by atoms with Gasteiger partial charge in [0.15, 0.2) is 0 Å². The third-order valence-corrected chi connectivity index (χ3v) is 9.33. The maximum atomic E-state index is 13.9. The Morgan fingerprint density at radius 3 is 2.08 bits per heavy atom. The summed E-state index contributed by atoms with van der Waals surface area (Å²) in [6.45, 7) is 5.69. The van der Waals surface area contributed by atoms with Gasteiger partial charge in [-0.3, -0.25) is 9.69 Å². The van der Waals surface area contributed by atoms with Gasteiger partial charge in [-0.15, -0.1) is 0 Å². The smallest absolute Gasteiger partial charge is 0.346 e. The number of amides is 1. The molecule has 0 radical (unpaired) electrons. The van der Waals surface area contributed by atoms with Crippen LogP contribution < -0.4 is 9.64 Å². The molecule has 0 aromatic heterocycles. The predicted molar refractivity (Wildman–Crippen MR) is 151 cm³/mol. The number of nitrogens with zero attached hydrogens (tertiary/aromatic N) is 1. The first-order valence-electron chi connectivity index (χ1n) is 11.2. The number of methoxy groups -OCH3 is 3. The lowest BCUT2D eigenvalue weighted by Crippen LogP contribution is -2.56. The molecule has 0 N–H and O–H groups in total. The maximum absolute atomic E-state index is 13.9. The summed E-state index contributed by atoms with van der Waals surface area (Å²) in [5.74, 6) is -0.907. The van der Waals surface area contributed by atoms with Gasteiger partial charge in [0.1, 0.15) is 15.6 Å². The predicted octanol–water partition coefficient (Wildman–Crippen LogP) is 5.52. The van der Waals surface area contributed by atoms with Crippen LogP contribution in [0.4, 0.5) is 5.69 Å². The van der Waals surface area contributed by atoms with Crippen LogP contribution in [-0.4, -0.2) is 49.6 Å². The Bertz CT molecular complexity index is 1380. The second kappa shape index (κ2) is 10.4. The van der Waals surface area contributed by atoms with Gasteiger partial charge in [0.25, 0.3) is 5.91 Å². The van der Waals surface area contributed by atoms with E-state index in [0.717, 1.165) is 29.1 Å². The monoisotopic (exact) mass is 555 g/mol. The van der Waals surface area contributed by atoms with Crippen molar-refractivity contribution in [3.05, 3.63) is 73.2 Å². The van der Waals surface area contributed by atoms with E-state index in [9.17, 15) is 14.4 Å². The van der Waals surface area contributed by atoms with Gasteiger partial charge >= 0.3 is 11.9 Å². The molecule has 2 aromatic rings. The lowest BCUT2D eigenvalue weighted by Gasteiger charge is -2.45. The molecule has 4 rings (SSSR count). The molecule has 2 aliphatic heterocycles. The highest BCUT2D eigenvalue weighted by Crippen LogP contribution is 2.56. The summed E-state index contributed by atoms with van der Waals surface area (Å²) in [4.78, 5) is 41.4. The number of fused-ring (bicyclic) bond motifs is 1. The Morgan fingerprint density at radius 2 is 1.54 bits per heavy atom. The number of benzene rings is 2. The highest BCUT2D eigenvalue weighted by Gasteiger charge is 2.46. The van der Waals surface area contributed by atoms with E-state index in [1.807, 2.05) is 45.0 Å². The van der Waals surface area contributed by atoms with Gasteiger partial charge in [-0.2, -0.15) is 0 Å². The lowest BCUT2D eigenvalue weighted by molar-refractivity contribution is -0.138. The van der Waals surface area contributed by atoms with Crippen LogP contribution in [0.25, 0.3) is 5.57 Å². The molecule has 37 heavy (non-hydrogen) atoms. The number of anilines is 1. The first-order valence-corrected chi connectivity index (χ1v) is 13.2. The zero-order valence-corrected chi connectivity index (χ0v) is 23.6. The van der Waals surface area contributed by atoms with Crippen LogP contribution in [0.1, 0.15) is 35.3 Å². The fourth-order valence-corrected chi connectivity index (χ4v) is 7.23. The van der Waals surface area contributed by atoms with Crippen LogP contribution in [0.15, 0.2) is 56.5 Å². The summed E-state index contributed by atoms with van der Waals surface area (Å²) < 4.78 is 15.9. The van der Waals surface area contributed by atoms with Crippen LogP contribution >= 0.6 is 35.7 Å². The fourth-order valence-electron chi connectivity index (χ4n) is 4.19. The molecule has 0 fully saturated rings. The lowest BCUT2D eigenvalue weighted by atomic mass is 9.82. The summed E-state index contributed by atoms with van der Waals surface area (Å²) in [6, 6.07) is 12.8. The summed E-state index contributed by atoms with van der Waals surface area (Å²) >= 11 is 8.24. The molecule has 0 saturated heterocycles. The van der Waals surface area contributed by atoms with Crippen LogP contribution in [-0.2, 0) is 19.1 Å². The largest absolute Gasteiger partial charge is 0.497 e. The van der Waals surface area contributed by atoms with Gasteiger partial charge in [0, 0.05) is 22.8 Å². The minimum Gasteiger partial charge on any atom is -0.497 e. The fraction of sp³-hybridized carbons (Fsp3) is 0.259. The number of thioether (sulfide) groups is 2. The molecule has 0 aliphatic carbocycles. The van der Waals surface area contributed by atoms with Crippen molar-refractivity contribution in [3.8, 4) is 5.75 Å². The second-order valence-corrected chi connectivity index (χ2v) is 11.5. The summed E-state index contributed by atoms with van der Waals surface area (Å²) in [6.07, 6.45) is 0. The van der Waals surface area contributed by atoms with Gasteiger partial charge in [-0.1, -0.05) is 53.4 Å². The number of thiocarbonyl (C=S) groups is 1. The molecule has 10 heteroatoms. The molecular weight excluding hydrogens is 530 g/mol. The Hall–Kier alpha value is -3.08. The van der Waals surface area contributed by atoms with E-state index in [-0.39, 0.29) is 15.7 Å². The molecule has 1 amide bonds. The molecular formula is C27H25NO6S3. The van der Waals surface area contributed by atoms with E-state index >= 15 is 0 Å². The van der Waals surface area contributed by atoms with Crippen molar-refractivity contribution in [2.75, 3.05) is 26.2 Å².